The lowest BCUT2D eigenvalue weighted by molar-refractivity contribution is -0.119. The zero-order valence-electron chi connectivity index (χ0n) is 12.8. The van der Waals surface area contributed by atoms with E-state index in [-0.39, 0.29) is 24.0 Å². The summed E-state index contributed by atoms with van der Waals surface area (Å²) < 4.78 is 0. The number of primary amides is 1. The number of halogens is 2. The minimum Gasteiger partial charge on any atom is -0.507 e. The van der Waals surface area contributed by atoms with Gasteiger partial charge in [0.1, 0.15) is 17.0 Å². The van der Waals surface area contributed by atoms with E-state index in [0.717, 1.165) is 16.7 Å². The van der Waals surface area contributed by atoms with Gasteiger partial charge in [0.15, 0.2) is 0 Å². The van der Waals surface area contributed by atoms with Gasteiger partial charge in [-0.3, -0.25) is 9.59 Å². The molecule has 0 bridgehead atoms. The third-order valence-electron chi connectivity index (χ3n) is 3.84. The summed E-state index contributed by atoms with van der Waals surface area (Å²) in [6.45, 7) is 5.74. The number of nitrogens with one attached hydrogen (secondary N) is 1. The summed E-state index contributed by atoms with van der Waals surface area (Å²) in [5, 5.41) is 12.1. The van der Waals surface area contributed by atoms with E-state index in [4.69, 9.17) is 28.9 Å². The van der Waals surface area contributed by atoms with Crippen molar-refractivity contribution in [1.29, 1.82) is 0 Å². The number of carbonyl (C=O) groups is 2. The quantitative estimate of drug-likeness (QED) is 0.685. The van der Waals surface area contributed by atoms with Crippen molar-refractivity contribution < 1.29 is 14.7 Å². The van der Waals surface area contributed by atoms with Crippen LogP contribution in [-0.2, 0) is 22.6 Å². The number of phenols is 1. The van der Waals surface area contributed by atoms with Gasteiger partial charge >= 0.3 is 0 Å². The molecule has 1 unspecified atom stereocenters. The highest BCUT2D eigenvalue weighted by molar-refractivity contribution is 6.30. The van der Waals surface area contributed by atoms with Crippen molar-refractivity contribution in [2.24, 2.45) is 5.73 Å². The van der Waals surface area contributed by atoms with Crippen molar-refractivity contribution in [1.82, 2.24) is 5.32 Å². The molecule has 0 aliphatic rings. The predicted molar refractivity (Wildman–Crippen MR) is 87.4 cm³/mol. The number of nitrogens with two attached hydrogens (primary N) is 1. The Kier molecular flexibility index (Phi) is 6.50. The van der Waals surface area contributed by atoms with Crippen molar-refractivity contribution in [3.05, 3.63) is 27.8 Å². The van der Waals surface area contributed by atoms with Crippen molar-refractivity contribution in [3.63, 3.8) is 0 Å². The Hall–Kier alpha value is -1.46. The molecule has 7 heteroatoms. The van der Waals surface area contributed by atoms with E-state index < -0.39 is 11.3 Å². The Morgan fingerprint density at radius 3 is 2.27 bits per heavy atom. The van der Waals surface area contributed by atoms with Crippen LogP contribution in [0.25, 0.3) is 0 Å². The summed E-state index contributed by atoms with van der Waals surface area (Å²) >= 11 is 11.4. The first kappa shape index (κ1) is 18.6. The number of hydrogen-bond donors (Lipinski definition) is 3. The molecule has 0 spiro atoms. The molecule has 5 nitrogen and oxygen atoms in total. The zero-order valence-corrected chi connectivity index (χ0v) is 14.3. The topological polar surface area (TPSA) is 92.4 Å². The van der Waals surface area contributed by atoms with Crippen LogP contribution in [0.1, 0.15) is 27.8 Å². The van der Waals surface area contributed by atoms with E-state index in [2.05, 4.69) is 5.32 Å². The van der Waals surface area contributed by atoms with Gasteiger partial charge in [0.2, 0.25) is 11.8 Å². The maximum atomic E-state index is 11.3. The van der Waals surface area contributed by atoms with Crippen LogP contribution >= 0.6 is 23.2 Å². The number of carbonyl (C=O) groups excluding carboxylic acids is 2. The van der Waals surface area contributed by atoms with Crippen LogP contribution in [0.2, 0.25) is 0 Å². The lowest BCUT2D eigenvalue weighted by atomic mass is 9.90. The summed E-state index contributed by atoms with van der Waals surface area (Å²) in [6, 6.07) is 0. The average Bonchev–Trinajstić information content (AvgIpc) is 2.48. The number of rotatable bonds is 6. The smallest absolute Gasteiger partial charge is 0.235 e. The first-order valence-corrected chi connectivity index (χ1v) is 7.74. The molecular formula is C15H20Cl2N2O3. The van der Waals surface area contributed by atoms with Gasteiger partial charge in [-0.25, -0.2) is 0 Å². The number of hydrogen-bond acceptors (Lipinski definition) is 3. The predicted octanol–water partition coefficient (Wildman–Crippen LogP) is 1.81. The van der Waals surface area contributed by atoms with Gasteiger partial charge in [0.25, 0.3) is 0 Å². The Labute approximate surface area is 139 Å². The van der Waals surface area contributed by atoms with Gasteiger partial charge in [-0.1, -0.05) is 0 Å². The third kappa shape index (κ3) is 4.05. The fraction of sp³-hybridized carbons (Fsp3) is 0.467. The number of alkyl halides is 2. The maximum Gasteiger partial charge on any atom is 0.235 e. The van der Waals surface area contributed by atoms with Crippen molar-refractivity contribution in [3.8, 4) is 5.75 Å². The SMILES string of the molecule is Cc1c(C)c(CNC(=O)CCl)c(C)c(CC(Cl)C(N)=O)c1O. The number of benzene rings is 1. The van der Waals surface area contributed by atoms with Crippen LogP contribution in [-0.4, -0.2) is 28.2 Å². The molecule has 0 saturated carbocycles. The molecule has 0 radical (unpaired) electrons. The highest BCUT2D eigenvalue weighted by atomic mass is 35.5. The van der Waals surface area contributed by atoms with Crippen LogP contribution in [0, 0.1) is 20.8 Å². The summed E-state index contributed by atoms with van der Waals surface area (Å²) in [5.41, 5.74) is 8.96. The lowest BCUT2D eigenvalue weighted by Crippen LogP contribution is -2.27. The molecule has 122 valence electrons. The maximum absolute atomic E-state index is 11.3. The summed E-state index contributed by atoms with van der Waals surface area (Å²) in [4.78, 5) is 22.5. The number of amides is 2. The largest absolute Gasteiger partial charge is 0.507 e. The zero-order chi connectivity index (χ0) is 17.0. The number of aromatic hydroxyl groups is 1. The van der Waals surface area contributed by atoms with Crippen LogP contribution in [0.15, 0.2) is 0 Å². The van der Waals surface area contributed by atoms with Crippen LogP contribution in [0.5, 0.6) is 5.75 Å². The van der Waals surface area contributed by atoms with Gasteiger partial charge in [-0.2, -0.15) is 0 Å². The molecule has 1 rings (SSSR count). The van der Waals surface area contributed by atoms with E-state index in [1.807, 2.05) is 13.8 Å². The van der Waals surface area contributed by atoms with E-state index in [1.54, 1.807) is 6.92 Å². The second-order valence-corrected chi connectivity index (χ2v) is 5.96. The first-order chi connectivity index (χ1) is 10.2. The molecule has 2 amide bonds. The van der Waals surface area contributed by atoms with Crippen molar-refractivity contribution in [2.45, 2.75) is 39.1 Å². The molecule has 1 aromatic rings. The molecular weight excluding hydrogens is 327 g/mol. The molecule has 0 heterocycles. The third-order valence-corrected chi connectivity index (χ3v) is 4.45. The molecule has 1 aromatic carbocycles. The first-order valence-electron chi connectivity index (χ1n) is 6.77. The molecule has 4 N–H and O–H groups in total. The molecule has 1 atom stereocenters. The van der Waals surface area contributed by atoms with Crippen molar-refractivity contribution in [2.75, 3.05) is 5.88 Å². The Bertz CT molecular complexity index is 603. The summed E-state index contributed by atoms with van der Waals surface area (Å²) in [7, 11) is 0. The van der Waals surface area contributed by atoms with Gasteiger partial charge in [-0.15, -0.1) is 23.2 Å². The molecule has 0 aliphatic heterocycles. The summed E-state index contributed by atoms with van der Waals surface area (Å²) in [6.07, 6.45) is 0.131. The van der Waals surface area contributed by atoms with Gasteiger partial charge in [0, 0.05) is 13.0 Å². The molecule has 0 saturated heterocycles. The number of phenolic OH excluding ortho intramolecular Hbond substituents is 1. The molecule has 22 heavy (non-hydrogen) atoms. The second kappa shape index (κ2) is 7.70. The van der Waals surface area contributed by atoms with Crippen molar-refractivity contribution >= 4 is 35.0 Å². The van der Waals surface area contributed by atoms with Crippen LogP contribution < -0.4 is 11.1 Å². The standard InChI is InChI=1S/C15H20Cl2N2O3/c1-7-8(2)14(21)10(4-12(17)15(18)22)9(3)11(7)6-19-13(20)5-16/h12,21H,4-6H2,1-3H3,(H2,18,22)(H,19,20). The Morgan fingerprint density at radius 1 is 1.18 bits per heavy atom. The fourth-order valence-electron chi connectivity index (χ4n) is 2.30. The van der Waals surface area contributed by atoms with E-state index in [0.29, 0.717) is 17.7 Å². The van der Waals surface area contributed by atoms with Gasteiger partial charge < -0.3 is 16.2 Å². The van der Waals surface area contributed by atoms with Crippen LogP contribution in [0.4, 0.5) is 0 Å². The Balaban J connectivity index is 3.25. The van der Waals surface area contributed by atoms with Gasteiger partial charge in [-0.05, 0) is 48.6 Å². The van der Waals surface area contributed by atoms with Gasteiger partial charge in [0.05, 0.1) is 0 Å². The molecule has 0 aliphatic carbocycles. The average molecular weight is 347 g/mol. The highest BCUT2D eigenvalue weighted by Crippen LogP contribution is 2.33. The Morgan fingerprint density at radius 2 is 1.77 bits per heavy atom. The lowest BCUT2D eigenvalue weighted by Gasteiger charge is -2.20. The van der Waals surface area contributed by atoms with Crippen LogP contribution in [0.3, 0.4) is 0 Å². The normalized spacial score (nSPS) is 12.0. The monoisotopic (exact) mass is 346 g/mol. The minimum absolute atomic E-state index is 0.106. The van der Waals surface area contributed by atoms with E-state index in [9.17, 15) is 14.7 Å². The van der Waals surface area contributed by atoms with E-state index in [1.165, 1.54) is 0 Å². The molecule has 0 aromatic heterocycles. The second-order valence-electron chi connectivity index (χ2n) is 5.17. The molecule has 0 fully saturated rings. The van der Waals surface area contributed by atoms with E-state index >= 15 is 0 Å². The minimum atomic E-state index is -0.906. The summed E-state index contributed by atoms with van der Waals surface area (Å²) in [5.74, 6) is -0.932. The highest BCUT2D eigenvalue weighted by Gasteiger charge is 2.21. The fourth-order valence-corrected chi connectivity index (χ4v) is 2.55.